The number of imidazole rings is 1. The van der Waals surface area contributed by atoms with E-state index in [0.29, 0.717) is 12.1 Å². The van der Waals surface area contributed by atoms with Crippen LogP contribution in [0, 0.1) is 0 Å². The van der Waals surface area contributed by atoms with E-state index in [1.165, 1.54) is 22.9 Å². The lowest BCUT2D eigenvalue weighted by atomic mass is 10.2. The average molecular weight is 244 g/mol. The fourth-order valence-electron chi connectivity index (χ4n) is 1.71. The molecule has 0 aliphatic rings. The van der Waals surface area contributed by atoms with Crippen LogP contribution in [0.25, 0.3) is 5.65 Å². The van der Waals surface area contributed by atoms with Gasteiger partial charge in [0.15, 0.2) is 0 Å². The van der Waals surface area contributed by atoms with E-state index < -0.39 is 17.8 Å². The minimum atomic E-state index is -4.44. The van der Waals surface area contributed by atoms with Crippen molar-refractivity contribution in [3.05, 3.63) is 35.8 Å². The summed E-state index contributed by atoms with van der Waals surface area (Å²) in [7, 11) is 0. The topological polar surface area (TPSA) is 37.5 Å². The molecule has 0 amide bonds. The summed E-state index contributed by atoms with van der Waals surface area (Å²) in [5.74, 6) is 0. The van der Waals surface area contributed by atoms with Gasteiger partial charge >= 0.3 is 6.18 Å². The summed E-state index contributed by atoms with van der Waals surface area (Å²) in [5.41, 5.74) is -0.606. The average Bonchev–Trinajstić information content (AvgIpc) is 2.69. The van der Waals surface area contributed by atoms with Crippen molar-refractivity contribution in [3.8, 4) is 0 Å². The number of halogens is 3. The summed E-state index contributed by atoms with van der Waals surface area (Å²) >= 11 is 0. The molecule has 0 saturated carbocycles. The number of fused-ring (bicyclic) bond motifs is 1. The molecule has 0 aliphatic carbocycles. The molecule has 1 N–H and O–H groups in total. The molecular formula is C11H11F3N2O. The maximum Gasteiger partial charge on any atom is 0.419 e. The van der Waals surface area contributed by atoms with E-state index >= 15 is 0 Å². The fraction of sp³-hybridized carbons (Fsp3) is 0.364. The number of alkyl halides is 3. The van der Waals surface area contributed by atoms with E-state index in [4.69, 9.17) is 0 Å². The summed E-state index contributed by atoms with van der Waals surface area (Å²) < 4.78 is 39.4. The van der Waals surface area contributed by atoms with Crippen molar-refractivity contribution < 1.29 is 18.3 Å². The molecule has 0 saturated heterocycles. The molecule has 0 aliphatic heterocycles. The number of aliphatic hydroxyl groups is 1. The minimum absolute atomic E-state index is 0.178. The lowest BCUT2D eigenvalue weighted by Gasteiger charge is -2.10. The van der Waals surface area contributed by atoms with Crippen molar-refractivity contribution in [3.63, 3.8) is 0 Å². The first-order chi connectivity index (χ1) is 7.95. The van der Waals surface area contributed by atoms with E-state index in [0.717, 1.165) is 6.07 Å². The number of aliphatic hydroxyl groups excluding tert-OH is 1. The summed E-state index contributed by atoms with van der Waals surface area (Å²) in [5, 5.41) is 9.67. The monoisotopic (exact) mass is 244 g/mol. The molecule has 92 valence electrons. The Labute approximate surface area is 95.5 Å². The maximum atomic E-state index is 12.7. The lowest BCUT2D eigenvalue weighted by Crippen LogP contribution is -2.08. The van der Waals surface area contributed by atoms with Gasteiger partial charge < -0.3 is 9.51 Å². The van der Waals surface area contributed by atoms with Gasteiger partial charge in [0.25, 0.3) is 0 Å². The number of pyridine rings is 1. The van der Waals surface area contributed by atoms with Crippen molar-refractivity contribution in [2.24, 2.45) is 0 Å². The smallest absolute Gasteiger partial charge is 0.387 e. The van der Waals surface area contributed by atoms with Crippen LogP contribution in [0.4, 0.5) is 13.2 Å². The van der Waals surface area contributed by atoms with Gasteiger partial charge in [0, 0.05) is 6.20 Å². The Kier molecular flexibility index (Phi) is 2.82. The van der Waals surface area contributed by atoms with Gasteiger partial charge in [-0.15, -0.1) is 0 Å². The van der Waals surface area contributed by atoms with Crippen LogP contribution in [0.1, 0.15) is 30.7 Å². The first kappa shape index (κ1) is 11.9. The Morgan fingerprint density at radius 2 is 2.18 bits per heavy atom. The van der Waals surface area contributed by atoms with E-state index in [-0.39, 0.29) is 5.65 Å². The summed E-state index contributed by atoms with van der Waals surface area (Å²) in [6.45, 7) is 1.75. The Balaban J connectivity index is 2.65. The molecule has 0 fully saturated rings. The molecule has 0 spiro atoms. The second kappa shape index (κ2) is 4.03. The first-order valence-electron chi connectivity index (χ1n) is 5.16. The number of rotatable bonds is 2. The molecule has 0 aromatic carbocycles. The van der Waals surface area contributed by atoms with Gasteiger partial charge in [0.2, 0.25) is 0 Å². The molecule has 2 heterocycles. The number of hydrogen-bond donors (Lipinski definition) is 1. The first-order valence-corrected chi connectivity index (χ1v) is 5.16. The quantitative estimate of drug-likeness (QED) is 0.882. The van der Waals surface area contributed by atoms with Crippen molar-refractivity contribution in [2.75, 3.05) is 0 Å². The molecule has 2 rings (SSSR count). The Bertz CT molecular complexity index is 533. The van der Waals surface area contributed by atoms with E-state index in [1.807, 2.05) is 0 Å². The van der Waals surface area contributed by atoms with Gasteiger partial charge in [-0.05, 0) is 18.6 Å². The van der Waals surface area contributed by atoms with Gasteiger partial charge in [-0.2, -0.15) is 13.2 Å². The Morgan fingerprint density at radius 3 is 2.76 bits per heavy atom. The molecule has 2 aromatic heterocycles. The summed E-state index contributed by atoms with van der Waals surface area (Å²) in [4.78, 5) is 3.74. The largest absolute Gasteiger partial charge is 0.419 e. The lowest BCUT2D eigenvalue weighted by molar-refractivity contribution is -0.136. The van der Waals surface area contributed by atoms with Crippen molar-refractivity contribution in [1.82, 2.24) is 9.38 Å². The van der Waals surface area contributed by atoms with Crippen LogP contribution in [0.3, 0.4) is 0 Å². The van der Waals surface area contributed by atoms with Gasteiger partial charge in [-0.25, -0.2) is 4.98 Å². The van der Waals surface area contributed by atoms with E-state index in [9.17, 15) is 18.3 Å². The van der Waals surface area contributed by atoms with Gasteiger partial charge in [0.05, 0.1) is 23.6 Å². The standard InChI is InChI=1S/C11H11F3N2O/c1-2-9(17)8-6-15-10-7(11(12,13)14)4-3-5-16(8)10/h3-6,9,17H,2H2,1H3. The zero-order valence-electron chi connectivity index (χ0n) is 9.07. The third kappa shape index (κ3) is 2.00. The number of hydrogen-bond acceptors (Lipinski definition) is 2. The van der Waals surface area contributed by atoms with Crippen LogP contribution in [0.2, 0.25) is 0 Å². The number of aromatic nitrogens is 2. The second-order valence-electron chi connectivity index (χ2n) is 3.72. The van der Waals surface area contributed by atoms with Crippen molar-refractivity contribution >= 4 is 5.65 Å². The number of nitrogens with zero attached hydrogens (tertiary/aromatic N) is 2. The summed E-state index contributed by atoms with van der Waals surface area (Å²) in [6.07, 6.45) is -2.09. The van der Waals surface area contributed by atoms with Gasteiger partial charge in [-0.3, -0.25) is 0 Å². The molecule has 6 heteroatoms. The van der Waals surface area contributed by atoms with Crippen LogP contribution in [0.15, 0.2) is 24.5 Å². The predicted octanol–water partition coefficient (Wildman–Crippen LogP) is 2.80. The highest BCUT2D eigenvalue weighted by Gasteiger charge is 2.34. The predicted molar refractivity (Wildman–Crippen MR) is 55.4 cm³/mol. The van der Waals surface area contributed by atoms with Crippen LogP contribution >= 0.6 is 0 Å². The maximum absolute atomic E-state index is 12.7. The van der Waals surface area contributed by atoms with Gasteiger partial charge in [0.1, 0.15) is 5.65 Å². The van der Waals surface area contributed by atoms with Crippen molar-refractivity contribution in [2.45, 2.75) is 25.6 Å². The molecular weight excluding hydrogens is 233 g/mol. The highest BCUT2D eigenvalue weighted by molar-refractivity contribution is 5.51. The fourth-order valence-corrected chi connectivity index (χ4v) is 1.71. The van der Waals surface area contributed by atoms with Crippen LogP contribution in [-0.4, -0.2) is 14.5 Å². The normalized spacial score (nSPS) is 14.2. The molecule has 3 nitrogen and oxygen atoms in total. The van der Waals surface area contributed by atoms with E-state index in [2.05, 4.69) is 4.98 Å². The van der Waals surface area contributed by atoms with Gasteiger partial charge in [-0.1, -0.05) is 6.92 Å². The summed E-state index contributed by atoms with van der Waals surface area (Å²) in [6, 6.07) is 2.27. The molecule has 1 atom stereocenters. The second-order valence-corrected chi connectivity index (χ2v) is 3.72. The molecule has 2 aromatic rings. The zero-order valence-corrected chi connectivity index (χ0v) is 9.07. The molecule has 17 heavy (non-hydrogen) atoms. The molecule has 0 bridgehead atoms. The minimum Gasteiger partial charge on any atom is -0.387 e. The van der Waals surface area contributed by atoms with Crippen LogP contribution < -0.4 is 0 Å². The Morgan fingerprint density at radius 1 is 1.47 bits per heavy atom. The molecule has 0 radical (unpaired) electrons. The van der Waals surface area contributed by atoms with Crippen LogP contribution in [-0.2, 0) is 6.18 Å². The van der Waals surface area contributed by atoms with Crippen molar-refractivity contribution in [1.29, 1.82) is 0 Å². The SMILES string of the molecule is CCC(O)c1cnc2c(C(F)(F)F)cccn12. The third-order valence-electron chi connectivity index (χ3n) is 2.60. The third-order valence-corrected chi connectivity index (χ3v) is 2.60. The zero-order chi connectivity index (χ0) is 12.6. The van der Waals surface area contributed by atoms with E-state index in [1.54, 1.807) is 6.92 Å². The highest BCUT2D eigenvalue weighted by Crippen LogP contribution is 2.32. The highest BCUT2D eigenvalue weighted by atomic mass is 19.4. The molecule has 1 unspecified atom stereocenters. The Hall–Kier alpha value is -1.56. The van der Waals surface area contributed by atoms with Crippen LogP contribution in [0.5, 0.6) is 0 Å².